The summed E-state index contributed by atoms with van der Waals surface area (Å²) < 4.78 is 1.08. The molecule has 3 rings (SSSR count). The molecule has 3 nitrogen and oxygen atoms in total. The number of carbonyl (C=O) groups excluding carboxylic acids is 1. The van der Waals surface area contributed by atoms with E-state index < -0.39 is 0 Å². The fourth-order valence-corrected chi connectivity index (χ4v) is 3.52. The van der Waals surface area contributed by atoms with Crippen LogP contribution in [0.1, 0.15) is 34.3 Å². The molecule has 2 aromatic rings. The molecule has 0 atom stereocenters. The van der Waals surface area contributed by atoms with E-state index in [1.807, 2.05) is 42.5 Å². The van der Waals surface area contributed by atoms with Crippen LogP contribution in [0.25, 0.3) is 0 Å². The van der Waals surface area contributed by atoms with Crippen molar-refractivity contribution >= 4 is 28.4 Å². The number of hydrogen-bond acceptors (Lipinski definition) is 3. The number of hydrogen-bond donors (Lipinski definition) is 1. The molecule has 0 bridgehead atoms. The van der Waals surface area contributed by atoms with Crippen LogP contribution in [0, 0.1) is 3.57 Å². The van der Waals surface area contributed by atoms with E-state index in [1.54, 1.807) is 0 Å². The molecule has 0 aromatic heterocycles. The first-order chi connectivity index (χ1) is 11.1. The van der Waals surface area contributed by atoms with E-state index >= 15 is 0 Å². The molecule has 120 valence electrons. The van der Waals surface area contributed by atoms with Gasteiger partial charge in [-0.3, -0.25) is 9.69 Å². The highest BCUT2D eigenvalue weighted by atomic mass is 127. The van der Waals surface area contributed by atoms with E-state index in [1.165, 1.54) is 5.56 Å². The predicted molar refractivity (Wildman–Crippen MR) is 102 cm³/mol. The predicted octanol–water partition coefficient (Wildman–Crippen LogP) is 3.45. The van der Waals surface area contributed by atoms with Gasteiger partial charge in [-0.15, -0.1) is 0 Å². The van der Waals surface area contributed by atoms with Gasteiger partial charge in [-0.25, -0.2) is 0 Å². The molecule has 0 amide bonds. The van der Waals surface area contributed by atoms with Crippen molar-refractivity contribution in [3.8, 4) is 0 Å². The Hall–Kier alpha value is -1.24. The lowest BCUT2D eigenvalue weighted by Crippen LogP contribution is -2.39. The van der Waals surface area contributed by atoms with Crippen molar-refractivity contribution in [2.45, 2.75) is 25.4 Å². The monoisotopic (exact) mass is 420 g/mol. The lowest BCUT2D eigenvalue weighted by Gasteiger charge is -2.30. The van der Waals surface area contributed by atoms with Crippen molar-refractivity contribution in [2.75, 3.05) is 13.1 Å². The second kappa shape index (κ2) is 7.55. The van der Waals surface area contributed by atoms with E-state index in [4.69, 9.17) is 5.73 Å². The summed E-state index contributed by atoms with van der Waals surface area (Å²) in [6.45, 7) is 2.96. The van der Waals surface area contributed by atoms with Crippen molar-refractivity contribution in [1.82, 2.24) is 4.90 Å². The number of benzene rings is 2. The van der Waals surface area contributed by atoms with Crippen molar-refractivity contribution in [2.24, 2.45) is 5.73 Å². The molecule has 1 aliphatic heterocycles. The molecule has 1 fully saturated rings. The SMILES string of the molecule is NC1CCN(Cc2cccc(C(=O)c3cccc(I)c3)c2)CC1. The van der Waals surface area contributed by atoms with Gasteiger partial charge in [0.05, 0.1) is 0 Å². The van der Waals surface area contributed by atoms with Crippen LogP contribution >= 0.6 is 22.6 Å². The Balaban J connectivity index is 1.73. The second-order valence-corrected chi connectivity index (χ2v) is 7.40. The maximum atomic E-state index is 12.7. The summed E-state index contributed by atoms with van der Waals surface area (Å²) in [7, 11) is 0. The van der Waals surface area contributed by atoms with Gasteiger partial charge >= 0.3 is 0 Å². The summed E-state index contributed by atoms with van der Waals surface area (Å²) in [5.41, 5.74) is 8.66. The molecule has 0 saturated carbocycles. The van der Waals surface area contributed by atoms with Crippen LogP contribution < -0.4 is 5.73 Å². The molecule has 2 N–H and O–H groups in total. The van der Waals surface area contributed by atoms with E-state index in [0.29, 0.717) is 6.04 Å². The molecule has 1 saturated heterocycles. The Morgan fingerprint density at radius 1 is 1.09 bits per heavy atom. The molecular weight excluding hydrogens is 399 g/mol. The summed E-state index contributed by atoms with van der Waals surface area (Å²) in [5.74, 6) is 0.0889. The van der Waals surface area contributed by atoms with Crippen molar-refractivity contribution in [1.29, 1.82) is 0 Å². The summed E-state index contributed by atoms with van der Waals surface area (Å²) in [6.07, 6.45) is 2.11. The molecular formula is C19H21IN2O. The largest absolute Gasteiger partial charge is 0.328 e. The Kier molecular flexibility index (Phi) is 5.46. The third-order valence-corrected chi connectivity index (χ3v) is 4.99. The second-order valence-electron chi connectivity index (χ2n) is 6.15. The van der Waals surface area contributed by atoms with Crippen LogP contribution in [0.2, 0.25) is 0 Å². The summed E-state index contributed by atoms with van der Waals surface area (Å²) in [6, 6.07) is 16.1. The molecule has 2 aromatic carbocycles. The lowest BCUT2D eigenvalue weighted by molar-refractivity contribution is 0.103. The zero-order valence-corrected chi connectivity index (χ0v) is 15.2. The number of rotatable bonds is 4. The summed E-state index contributed by atoms with van der Waals surface area (Å²) in [4.78, 5) is 15.1. The minimum Gasteiger partial charge on any atom is -0.328 e. The molecule has 0 unspecified atom stereocenters. The average molecular weight is 420 g/mol. The number of likely N-dealkylation sites (tertiary alicyclic amines) is 1. The third kappa shape index (κ3) is 4.40. The van der Waals surface area contributed by atoms with Gasteiger partial charge in [-0.1, -0.05) is 30.3 Å². The van der Waals surface area contributed by atoms with E-state index in [9.17, 15) is 4.79 Å². The Morgan fingerprint density at radius 3 is 2.43 bits per heavy atom. The van der Waals surface area contributed by atoms with Crippen LogP contribution in [0.3, 0.4) is 0 Å². The number of nitrogens with zero attached hydrogens (tertiary/aromatic N) is 1. The standard InChI is InChI=1S/C19H21IN2O/c20-17-6-2-5-16(12-17)19(23)15-4-1-3-14(11-15)13-22-9-7-18(21)8-10-22/h1-6,11-12,18H,7-10,13,21H2. The molecule has 4 heteroatoms. The fourth-order valence-electron chi connectivity index (χ4n) is 2.98. The molecule has 0 aliphatic carbocycles. The normalized spacial score (nSPS) is 16.4. The zero-order chi connectivity index (χ0) is 16.2. The number of carbonyl (C=O) groups is 1. The quantitative estimate of drug-likeness (QED) is 0.609. The van der Waals surface area contributed by atoms with Gasteiger partial charge in [0.25, 0.3) is 0 Å². The molecule has 0 radical (unpaired) electrons. The molecule has 1 aliphatic rings. The van der Waals surface area contributed by atoms with Gasteiger partial charge < -0.3 is 5.73 Å². The van der Waals surface area contributed by atoms with Crippen molar-refractivity contribution < 1.29 is 4.79 Å². The summed E-state index contributed by atoms with van der Waals surface area (Å²) in [5, 5.41) is 0. The van der Waals surface area contributed by atoms with Gasteiger partial charge in [-0.2, -0.15) is 0 Å². The number of ketones is 1. The molecule has 23 heavy (non-hydrogen) atoms. The first-order valence-corrected chi connectivity index (χ1v) is 9.07. The van der Waals surface area contributed by atoms with Crippen LogP contribution in [-0.2, 0) is 6.54 Å². The van der Waals surface area contributed by atoms with Crippen molar-refractivity contribution in [3.63, 3.8) is 0 Å². The maximum Gasteiger partial charge on any atom is 0.193 e. The van der Waals surface area contributed by atoms with E-state index in [2.05, 4.69) is 33.6 Å². The minimum atomic E-state index is 0.0889. The fraction of sp³-hybridized carbons (Fsp3) is 0.316. The maximum absolute atomic E-state index is 12.7. The van der Waals surface area contributed by atoms with Crippen molar-refractivity contribution in [3.05, 3.63) is 68.8 Å². The highest BCUT2D eigenvalue weighted by molar-refractivity contribution is 14.1. The van der Waals surface area contributed by atoms with Crippen LogP contribution in [-0.4, -0.2) is 29.8 Å². The first-order valence-electron chi connectivity index (χ1n) is 7.99. The Labute approximate surface area is 151 Å². The molecule has 0 spiro atoms. The third-order valence-electron chi connectivity index (χ3n) is 4.31. The average Bonchev–Trinajstić information content (AvgIpc) is 2.56. The number of piperidine rings is 1. The smallest absolute Gasteiger partial charge is 0.193 e. The molecule has 1 heterocycles. The minimum absolute atomic E-state index is 0.0889. The highest BCUT2D eigenvalue weighted by Crippen LogP contribution is 2.17. The topological polar surface area (TPSA) is 46.3 Å². The first kappa shape index (κ1) is 16.6. The van der Waals surface area contributed by atoms with Gasteiger partial charge in [0.2, 0.25) is 0 Å². The van der Waals surface area contributed by atoms with Gasteiger partial charge in [0.1, 0.15) is 0 Å². The Morgan fingerprint density at radius 2 is 1.74 bits per heavy atom. The lowest BCUT2D eigenvalue weighted by atomic mass is 10.0. The highest BCUT2D eigenvalue weighted by Gasteiger charge is 2.16. The van der Waals surface area contributed by atoms with E-state index in [0.717, 1.165) is 47.2 Å². The number of halogens is 1. The van der Waals surface area contributed by atoms with Crippen LogP contribution in [0.5, 0.6) is 0 Å². The van der Waals surface area contributed by atoms with Crippen LogP contribution in [0.4, 0.5) is 0 Å². The van der Waals surface area contributed by atoms with Crippen LogP contribution in [0.15, 0.2) is 48.5 Å². The van der Waals surface area contributed by atoms with Gasteiger partial charge in [-0.05, 0) is 72.3 Å². The van der Waals surface area contributed by atoms with E-state index in [-0.39, 0.29) is 5.78 Å². The Bertz CT molecular complexity index is 693. The summed E-state index contributed by atoms with van der Waals surface area (Å²) >= 11 is 2.23. The number of nitrogens with two attached hydrogens (primary N) is 1. The van der Waals surface area contributed by atoms with Gasteiger partial charge in [0, 0.05) is 27.3 Å². The van der Waals surface area contributed by atoms with Gasteiger partial charge in [0.15, 0.2) is 5.78 Å². The zero-order valence-electron chi connectivity index (χ0n) is 13.0.